The van der Waals surface area contributed by atoms with Gasteiger partial charge in [0, 0.05) is 23.3 Å². The summed E-state index contributed by atoms with van der Waals surface area (Å²) in [6, 6.07) is 24.0. The number of hydrogen-bond donors (Lipinski definition) is 1. The first-order valence-electron chi connectivity index (χ1n) is 10.7. The summed E-state index contributed by atoms with van der Waals surface area (Å²) in [4.78, 5) is 6.44. The fourth-order valence-corrected chi connectivity index (χ4v) is 4.77. The van der Waals surface area contributed by atoms with E-state index in [0.717, 1.165) is 28.5 Å². The van der Waals surface area contributed by atoms with Crippen molar-refractivity contribution in [1.82, 2.24) is 14.9 Å². The number of rotatable bonds is 5. The zero-order valence-electron chi connectivity index (χ0n) is 18.3. The van der Waals surface area contributed by atoms with Gasteiger partial charge in [-0.05, 0) is 79.8 Å². The SMILES string of the molecule is COc1ccc(-n2c(C)ccc2[C@H]2[C@@H](c3ccccn3)NC(=S)N2c2ccccc2F)cc1. The number of aromatic nitrogens is 2. The highest BCUT2D eigenvalue weighted by Gasteiger charge is 2.43. The zero-order valence-corrected chi connectivity index (χ0v) is 19.1. The van der Waals surface area contributed by atoms with Gasteiger partial charge in [-0.15, -0.1) is 0 Å². The molecule has 1 saturated heterocycles. The van der Waals surface area contributed by atoms with Crippen LogP contribution < -0.4 is 15.0 Å². The molecule has 0 bridgehead atoms. The standard InChI is InChI=1S/C26H23FN4OS/c1-17-10-15-23(30(17)18-11-13-19(32-2)14-12-18)25-24(21-8-5-6-16-28-21)29-26(33)31(25)22-9-4-3-7-20(22)27/h3-16,24-25H,1-2H3,(H,29,33)/t24-,25+/m1/s1. The summed E-state index contributed by atoms with van der Waals surface area (Å²) < 4.78 is 22.5. The number of methoxy groups -OCH3 is 1. The van der Waals surface area contributed by atoms with Crippen LogP contribution >= 0.6 is 12.2 Å². The Morgan fingerprint density at radius 3 is 2.42 bits per heavy atom. The molecule has 0 unspecified atom stereocenters. The van der Waals surface area contributed by atoms with Gasteiger partial charge in [-0.25, -0.2) is 4.39 Å². The van der Waals surface area contributed by atoms with Crippen molar-refractivity contribution >= 4 is 23.0 Å². The predicted molar refractivity (Wildman–Crippen MR) is 131 cm³/mol. The van der Waals surface area contributed by atoms with Crippen molar-refractivity contribution in [3.05, 3.63) is 108 Å². The summed E-state index contributed by atoms with van der Waals surface area (Å²) in [5.41, 5.74) is 4.28. The summed E-state index contributed by atoms with van der Waals surface area (Å²) in [5, 5.41) is 3.85. The maximum absolute atomic E-state index is 15.0. The van der Waals surface area contributed by atoms with E-state index in [1.54, 1.807) is 25.4 Å². The van der Waals surface area contributed by atoms with Crippen LogP contribution in [0.5, 0.6) is 5.75 Å². The minimum absolute atomic E-state index is 0.260. The lowest BCUT2D eigenvalue weighted by Crippen LogP contribution is -2.31. The van der Waals surface area contributed by atoms with Gasteiger partial charge < -0.3 is 19.5 Å². The van der Waals surface area contributed by atoms with E-state index in [-0.39, 0.29) is 17.9 Å². The van der Waals surface area contributed by atoms with Crippen molar-refractivity contribution in [2.24, 2.45) is 0 Å². The molecule has 3 heterocycles. The first kappa shape index (κ1) is 21.2. The van der Waals surface area contributed by atoms with Gasteiger partial charge in [0.25, 0.3) is 0 Å². The average Bonchev–Trinajstić information content (AvgIpc) is 3.39. The number of ether oxygens (including phenoxy) is 1. The van der Waals surface area contributed by atoms with E-state index in [1.807, 2.05) is 53.4 Å². The normalized spacial score (nSPS) is 17.8. The Kier molecular flexibility index (Phi) is 5.56. The quantitative estimate of drug-likeness (QED) is 0.400. The number of pyridine rings is 1. The largest absolute Gasteiger partial charge is 0.497 e. The molecule has 0 spiro atoms. The molecule has 2 aromatic heterocycles. The maximum Gasteiger partial charge on any atom is 0.174 e. The molecule has 2 aromatic carbocycles. The van der Waals surface area contributed by atoms with Crippen molar-refractivity contribution in [3.63, 3.8) is 0 Å². The average molecular weight is 459 g/mol. The third-order valence-corrected chi connectivity index (χ3v) is 6.26. The van der Waals surface area contributed by atoms with Crippen LogP contribution in [0.2, 0.25) is 0 Å². The van der Waals surface area contributed by atoms with Crippen molar-refractivity contribution in [1.29, 1.82) is 0 Å². The first-order chi connectivity index (χ1) is 16.1. The molecule has 1 aliphatic heterocycles. The molecule has 166 valence electrons. The Morgan fingerprint density at radius 1 is 0.970 bits per heavy atom. The Morgan fingerprint density at radius 2 is 1.73 bits per heavy atom. The number of halogens is 1. The molecule has 5 nitrogen and oxygen atoms in total. The van der Waals surface area contributed by atoms with Crippen LogP contribution in [-0.2, 0) is 0 Å². The van der Waals surface area contributed by atoms with Gasteiger partial charge in [0.05, 0.1) is 24.5 Å². The first-order valence-corrected chi connectivity index (χ1v) is 11.1. The third kappa shape index (κ3) is 3.74. The lowest BCUT2D eigenvalue weighted by Gasteiger charge is -2.29. The number of benzene rings is 2. The third-order valence-electron chi connectivity index (χ3n) is 5.95. The molecule has 0 amide bonds. The van der Waals surface area contributed by atoms with E-state index >= 15 is 0 Å². The number of nitrogens with one attached hydrogen (secondary N) is 1. The zero-order chi connectivity index (χ0) is 22.9. The van der Waals surface area contributed by atoms with Gasteiger partial charge in [-0.2, -0.15) is 0 Å². The minimum Gasteiger partial charge on any atom is -0.497 e. The fourth-order valence-electron chi connectivity index (χ4n) is 4.44. The highest BCUT2D eigenvalue weighted by atomic mass is 32.1. The Labute approximate surface area is 197 Å². The summed E-state index contributed by atoms with van der Waals surface area (Å²) in [7, 11) is 1.65. The van der Waals surface area contributed by atoms with Gasteiger partial charge in [-0.1, -0.05) is 18.2 Å². The van der Waals surface area contributed by atoms with Crippen molar-refractivity contribution in [2.45, 2.75) is 19.0 Å². The molecule has 4 aromatic rings. The predicted octanol–water partition coefficient (Wildman–Crippen LogP) is 5.51. The van der Waals surface area contributed by atoms with E-state index in [0.29, 0.717) is 10.8 Å². The molecule has 0 aliphatic carbocycles. The number of para-hydroxylation sites is 1. The van der Waals surface area contributed by atoms with Crippen LogP contribution in [0.3, 0.4) is 0 Å². The van der Waals surface area contributed by atoms with E-state index in [2.05, 4.69) is 33.9 Å². The molecule has 1 aliphatic rings. The highest BCUT2D eigenvalue weighted by Crippen LogP contribution is 2.43. The molecule has 7 heteroatoms. The summed E-state index contributed by atoms with van der Waals surface area (Å²) in [5.74, 6) is 0.459. The summed E-state index contributed by atoms with van der Waals surface area (Å²) in [6.45, 7) is 2.05. The second-order valence-corrected chi connectivity index (χ2v) is 8.27. The second kappa shape index (κ2) is 8.67. The van der Waals surface area contributed by atoms with Crippen molar-refractivity contribution in [2.75, 3.05) is 12.0 Å². The Balaban J connectivity index is 1.70. The van der Waals surface area contributed by atoms with Gasteiger partial charge in [0.15, 0.2) is 5.11 Å². The number of anilines is 1. The van der Waals surface area contributed by atoms with Gasteiger partial charge in [-0.3, -0.25) is 4.98 Å². The van der Waals surface area contributed by atoms with Crippen molar-refractivity contribution in [3.8, 4) is 11.4 Å². The summed E-state index contributed by atoms with van der Waals surface area (Å²) in [6.07, 6.45) is 1.76. The van der Waals surface area contributed by atoms with Gasteiger partial charge in [0.1, 0.15) is 17.6 Å². The lowest BCUT2D eigenvalue weighted by molar-refractivity contribution is 0.414. The highest BCUT2D eigenvalue weighted by molar-refractivity contribution is 7.80. The Bertz CT molecular complexity index is 1290. The number of aryl methyl sites for hydroxylation is 1. The van der Waals surface area contributed by atoms with Crippen molar-refractivity contribution < 1.29 is 9.13 Å². The van der Waals surface area contributed by atoms with Crippen LogP contribution in [0, 0.1) is 12.7 Å². The summed E-state index contributed by atoms with van der Waals surface area (Å²) >= 11 is 5.73. The molecular weight excluding hydrogens is 435 g/mol. The molecule has 2 atom stereocenters. The molecule has 1 N–H and O–H groups in total. The van der Waals surface area contributed by atoms with Crippen LogP contribution in [0.4, 0.5) is 10.1 Å². The molecular formula is C26H23FN4OS. The van der Waals surface area contributed by atoms with Crippen LogP contribution in [0.25, 0.3) is 5.69 Å². The van der Waals surface area contributed by atoms with Crippen LogP contribution in [-0.4, -0.2) is 21.8 Å². The van der Waals surface area contributed by atoms with E-state index in [9.17, 15) is 4.39 Å². The van der Waals surface area contributed by atoms with E-state index in [4.69, 9.17) is 17.0 Å². The van der Waals surface area contributed by atoms with E-state index in [1.165, 1.54) is 6.07 Å². The van der Waals surface area contributed by atoms with Crippen LogP contribution in [0.1, 0.15) is 29.2 Å². The topological polar surface area (TPSA) is 42.3 Å². The smallest absolute Gasteiger partial charge is 0.174 e. The minimum atomic E-state index is -0.326. The molecule has 1 fully saturated rings. The molecule has 5 rings (SSSR count). The number of nitrogens with zero attached hydrogens (tertiary/aromatic N) is 3. The van der Waals surface area contributed by atoms with E-state index < -0.39 is 0 Å². The lowest BCUT2D eigenvalue weighted by atomic mass is 10.0. The monoisotopic (exact) mass is 458 g/mol. The molecule has 0 saturated carbocycles. The maximum atomic E-state index is 15.0. The number of hydrogen-bond acceptors (Lipinski definition) is 3. The van der Waals surface area contributed by atoms with Gasteiger partial charge in [0.2, 0.25) is 0 Å². The van der Waals surface area contributed by atoms with Gasteiger partial charge >= 0.3 is 0 Å². The molecule has 33 heavy (non-hydrogen) atoms. The second-order valence-electron chi connectivity index (χ2n) is 7.88. The molecule has 0 radical (unpaired) electrons. The fraction of sp³-hybridized carbons (Fsp3) is 0.154. The Hall–Kier alpha value is -3.71. The van der Waals surface area contributed by atoms with Crippen LogP contribution in [0.15, 0.2) is 85.1 Å². The number of thiocarbonyl (C=S) groups is 1.